The Morgan fingerprint density at radius 1 is 1.38 bits per heavy atom. The molecule has 0 N–H and O–H groups in total. The van der Waals surface area contributed by atoms with Crippen LogP contribution >= 0.6 is 0 Å². The van der Waals surface area contributed by atoms with Crippen molar-refractivity contribution in [2.75, 3.05) is 6.61 Å². The Kier molecular flexibility index (Phi) is 3.74. The molecule has 2 atom stereocenters. The highest BCUT2D eigenvalue weighted by atomic mass is 19.4. The Labute approximate surface area is 132 Å². The summed E-state index contributed by atoms with van der Waals surface area (Å²) in [4.78, 5) is 12.1. The Morgan fingerprint density at radius 3 is 2.58 bits per heavy atom. The fraction of sp³-hybridized carbons (Fsp3) is 0.429. The van der Waals surface area contributed by atoms with Crippen molar-refractivity contribution in [3.8, 4) is 0 Å². The van der Waals surface area contributed by atoms with E-state index in [1.165, 1.54) is 13.0 Å². The molecule has 0 unspecified atom stereocenters. The van der Waals surface area contributed by atoms with Gasteiger partial charge in [-0.3, -0.25) is 4.57 Å². The van der Waals surface area contributed by atoms with E-state index in [1.807, 2.05) is 0 Å². The van der Waals surface area contributed by atoms with E-state index < -0.39 is 41.7 Å². The first-order valence-electron chi connectivity index (χ1n) is 6.94. The van der Waals surface area contributed by atoms with Crippen LogP contribution in [0.2, 0.25) is 0 Å². The summed E-state index contributed by atoms with van der Waals surface area (Å²) in [5.74, 6) is -1.63. The first kappa shape index (κ1) is 16.6. The molecule has 3 rings (SSSR count). The predicted octanol–water partition coefficient (Wildman–Crippen LogP) is 2.37. The van der Waals surface area contributed by atoms with Gasteiger partial charge in [0.05, 0.1) is 12.6 Å². The molecular formula is C14H12F5N3O2. The maximum Gasteiger partial charge on any atom is 0.406 e. The number of halogens is 5. The van der Waals surface area contributed by atoms with Gasteiger partial charge in [0, 0.05) is 11.6 Å². The average molecular weight is 349 g/mol. The van der Waals surface area contributed by atoms with Crippen LogP contribution in [0.5, 0.6) is 0 Å². The van der Waals surface area contributed by atoms with E-state index in [0.717, 1.165) is 17.1 Å². The molecular weight excluding hydrogens is 337 g/mol. The van der Waals surface area contributed by atoms with Gasteiger partial charge in [0.25, 0.3) is 0 Å². The number of aromatic nitrogens is 3. The monoisotopic (exact) mass is 349 g/mol. The summed E-state index contributed by atoms with van der Waals surface area (Å²) in [5, 5.41) is 3.67. The zero-order chi connectivity index (χ0) is 17.7. The van der Waals surface area contributed by atoms with Crippen molar-refractivity contribution >= 4 is 0 Å². The highest BCUT2D eigenvalue weighted by Gasteiger charge is 2.54. The van der Waals surface area contributed by atoms with Gasteiger partial charge in [-0.1, -0.05) is 6.07 Å². The maximum atomic E-state index is 14.0. The minimum absolute atomic E-state index is 0.0219. The van der Waals surface area contributed by atoms with Crippen LogP contribution in [0.1, 0.15) is 18.5 Å². The zero-order valence-corrected chi connectivity index (χ0v) is 12.3. The minimum Gasteiger partial charge on any atom is -0.362 e. The Balaban J connectivity index is 1.95. The van der Waals surface area contributed by atoms with E-state index in [4.69, 9.17) is 4.74 Å². The van der Waals surface area contributed by atoms with Gasteiger partial charge < -0.3 is 4.74 Å². The van der Waals surface area contributed by atoms with E-state index in [-0.39, 0.29) is 12.2 Å². The van der Waals surface area contributed by atoms with Crippen molar-refractivity contribution in [2.45, 2.75) is 31.3 Å². The fourth-order valence-electron chi connectivity index (χ4n) is 2.65. The van der Waals surface area contributed by atoms with Crippen LogP contribution in [0.3, 0.4) is 0 Å². The van der Waals surface area contributed by atoms with Crippen molar-refractivity contribution in [3.63, 3.8) is 0 Å². The lowest BCUT2D eigenvalue weighted by molar-refractivity contribution is -0.141. The Morgan fingerprint density at radius 2 is 2.04 bits per heavy atom. The standard InChI is InChI=1S/C14H12F5N3O2/c1-8(22-12(23)21(7-20-22)5-14(17,18)19)13(6-24-13)10-3-2-9(15)4-11(10)16/h2-4,7-8H,5-6H2,1H3/t8-,13-/m1/s1. The molecule has 0 aliphatic carbocycles. The SMILES string of the molecule is C[C@@H](n1ncn(CC(F)(F)F)c1=O)[C@@]1(c2ccc(F)cc2F)CO1. The second-order valence-electron chi connectivity index (χ2n) is 5.58. The van der Waals surface area contributed by atoms with Crippen molar-refractivity contribution in [1.82, 2.24) is 14.3 Å². The van der Waals surface area contributed by atoms with E-state index in [0.29, 0.717) is 10.6 Å². The number of rotatable bonds is 4. The van der Waals surface area contributed by atoms with Gasteiger partial charge in [-0.2, -0.15) is 18.3 Å². The van der Waals surface area contributed by atoms with E-state index in [2.05, 4.69) is 5.10 Å². The second kappa shape index (κ2) is 5.40. The Bertz CT molecular complexity index is 823. The van der Waals surface area contributed by atoms with Gasteiger partial charge in [0.2, 0.25) is 0 Å². The lowest BCUT2D eigenvalue weighted by Crippen LogP contribution is -2.35. The number of epoxide rings is 1. The van der Waals surface area contributed by atoms with Crippen LogP contribution in [-0.4, -0.2) is 27.1 Å². The molecule has 0 spiro atoms. The molecule has 0 bridgehead atoms. The number of hydrogen-bond acceptors (Lipinski definition) is 3. The van der Waals surface area contributed by atoms with E-state index in [1.54, 1.807) is 0 Å². The van der Waals surface area contributed by atoms with Crippen LogP contribution in [0, 0.1) is 11.6 Å². The molecule has 1 aromatic carbocycles. The van der Waals surface area contributed by atoms with Crippen LogP contribution in [0.25, 0.3) is 0 Å². The molecule has 1 aromatic heterocycles. The molecule has 1 fully saturated rings. The van der Waals surface area contributed by atoms with Crippen molar-refractivity contribution in [2.24, 2.45) is 0 Å². The highest BCUT2D eigenvalue weighted by molar-refractivity contribution is 5.30. The summed E-state index contributed by atoms with van der Waals surface area (Å²) in [7, 11) is 0. The van der Waals surface area contributed by atoms with Gasteiger partial charge in [0.15, 0.2) is 0 Å². The highest BCUT2D eigenvalue weighted by Crippen LogP contribution is 2.48. The van der Waals surface area contributed by atoms with E-state index in [9.17, 15) is 26.7 Å². The third kappa shape index (κ3) is 2.81. The Hall–Kier alpha value is -2.23. The second-order valence-corrected chi connectivity index (χ2v) is 5.58. The molecule has 130 valence electrons. The molecule has 1 aliphatic rings. The van der Waals surface area contributed by atoms with Gasteiger partial charge in [0.1, 0.15) is 30.1 Å². The van der Waals surface area contributed by atoms with Crippen molar-refractivity contribution < 1.29 is 26.7 Å². The summed E-state index contributed by atoms with van der Waals surface area (Å²) in [6.45, 7) is 0.0364. The summed E-state index contributed by atoms with van der Waals surface area (Å²) < 4.78 is 70.8. The van der Waals surface area contributed by atoms with E-state index >= 15 is 0 Å². The smallest absolute Gasteiger partial charge is 0.362 e. The number of benzene rings is 1. The minimum atomic E-state index is -4.57. The third-order valence-electron chi connectivity index (χ3n) is 3.99. The third-order valence-corrected chi connectivity index (χ3v) is 3.99. The quantitative estimate of drug-likeness (QED) is 0.629. The van der Waals surface area contributed by atoms with Crippen molar-refractivity contribution in [3.05, 3.63) is 52.2 Å². The van der Waals surface area contributed by atoms with Crippen LogP contribution in [-0.2, 0) is 16.9 Å². The normalized spacial score (nSPS) is 21.8. The molecule has 5 nitrogen and oxygen atoms in total. The molecule has 1 saturated heterocycles. The zero-order valence-electron chi connectivity index (χ0n) is 12.3. The number of ether oxygens (including phenoxy) is 1. The predicted molar refractivity (Wildman–Crippen MR) is 71.2 cm³/mol. The fourth-order valence-corrected chi connectivity index (χ4v) is 2.65. The molecule has 10 heteroatoms. The molecule has 2 heterocycles. The lowest BCUT2D eigenvalue weighted by Gasteiger charge is -2.20. The van der Waals surface area contributed by atoms with Gasteiger partial charge in [-0.25, -0.2) is 18.3 Å². The van der Waals surface area contributed by atoms with Gasteiger partial charge >= 0.3 is 11.9 Å². The van der Waals surface area contributed by atoms with Crippen LogP contribution in [0.15, 0.2) is 29.3 Å². The largest absolute Gasteiger partial charge is 0.406 e. The first-order chi connectivity index (χ1) is 11.1. The average Bonchev–Trinajstić information content (AvgIpc) is 3.19. The lowest BCUT2D eigenvalue weighted by atomic mass is 9.92. The van der Waals surface area contributed by atoms with Gasteiger partial charge in [-0.15, -0.1) is 0 Å². The number of hydrogen-bond donors (Lipinski definition) is 0. The van der Waals surface area contributed by atoms with Crippen molar-refractivity contribution in [1.29, 1.82) is 0 Å². The summed E-state index contributed by atoms with van der Waals surface area (Å²) >= 11 is 0. The van der Waals surface area contributed by atoms with Gasteiger partial charge in [-0.05, 0) is 13.0 Å². The summed E-state index contributed by atoms with van der Waals surface area (Å²) in [6.07, 6.45) is -3.80. The molecule has 0 radical (unpaired) electrons. The molecule has 24 heavy (non-hydrogen) atoms. The number of alkyl halides is 3. The summed E-state index contributed by atoms with van der Waals surface area (Å²) in [6, 6.07) is 2.03. The maximum absolute atomic E-state index is 14.0. The molecule has 0 amide bonds. The summed E-state index contributed by atoms with van der Waals surface area (Å²) in [5.41, 5.74) is -2.23. The molecule has 0 saturated carbocycles. The van der Waals surface area contributed by atoms with Crippen LogP contribution < -0.4 is 5.69 Å². The topological polar surface area (TPSA) is 52.4 Å². The first-order valence-corrected chi connectivity index (χ1v) is 6.94. The molecule has 2 aromatic rings. The van der Waals surface area contributed by atoms with Crippen LogP contribution in [0.4, 0.5) is 22.0 Å². The number of nitrogens with zero attached hydrogens (tertiary/aromatic N) is 3. The molecule has 1 aliphatic heterocycles.